The summed E-state index contributed by atoms with van der Waals surface area (Å²) in [5.41, 5.74) is 0. The minimum atomic E-state index is -1.13. The van der Waals surface area contributed by atoms with E-state index in [1.807, 2.05) is 0 Å². The van der Waals surface area contributed by atoms with Crippen LogP contribution in [0.25, 0.3) is 0 Å². The summed E-state index contributed by atoms with van der Waals surface area (Å²) in [6.45, 7) is 4.18. The van der Waals surface area contributed by atoms with E-state index >= 15 is 0 Å². The van der Waals surface area contributed by atoms with Crippen molar-refractivity contribution < 1.29 is 20.1 Å². The number of hydrogen-bond donors (Lipinski definition) is 4. The molecule has 1 amide bonds. The monoisotopic (exact) mass is 750 g/mol. The Hall–Kier alpha value is -0.910. The second kappa shape index (κ2) is 43.8. The molecule has 0 rings (SSSR count). The van der Waals surface area contributed by atoms with Gasteiger partial charge in [0, 0.05) is 6.42 Å². The summed E-state index contributed by atoms with van der Waals surface area (Å²) >= 11 is 0. The molecule has 0 aliphatic carbocycles. The van der Waals surface area contributed by atoms with Gasteiger partial charge in [0.05, 0.1) is 18.8 Å². The maximum atomic E-state index is 12.4. The molecule has 0 aromatic rings. The SMILES string of the molecule is CCCCCCCCCCCCCC/C=C\CCCCCCCCCCCCCCCC(=O)NC(CO)C(O)C(O)CCCCCCCCCCCC. The quantitative estimate of drug-likeness (QED) is 0.0369. The van der Waals surface area contributed by atoms with Crippen LogP contribution in [0.2, 0.25) is 0 Å². The summed E-state index contributed by atoms with van der Waals surface area (Å²) in [5, 5.41) is 33.4. The highest BCUT2D eigenvalue weighted by molar-refractivity contribution is 5.76. The molecule has 5 heteroatoms. The number of aliphatic hydroxyl groups excluding tert-OH is 3. The number of rotatable bonds is 44. The number of hydrogen-bond acceptors (Lipinski definition) is 4. The van der Waals surface area contributed by atoms with E-state index in [1.54, 1.807) is 0 Å². The van der Waals surface area contributed by atoms with Crippen LogP contribution in [0.1, 0.15) is 264 Å². The summed E-state index contributed by atoms with van der Waals surface area (Å²) in [5.74, 6) is -0.143. The van der Waals surface area contributed by atoms with Gasteiger partial charge in [0.15, 0.2) is 0 Å². The maximum Gasteiger partial charge on any atom is 0.220 e. The molecular formula is C48H95NO4. The van der Waals surface area contributed by atoms with Crippen LogP contribution in [-0.4, -0.2) is 46.1 Å². The van der Waals surface area contributed by atoms with E-state index in [1.165, 1.54) is 199 Å². The number of aliphatic hydroxyl groups is 3. The van der Waals surface area contributed by atoms with Crippen LogP contribution < -0.4 is 5.32 Å². The van der Waals surface area contributed by atoms with E-state index in [0.717, 1.165) is 38.5 Å². The fourth-order valence-electron chi connectivity index (χ4n) is 7.63. The molecule has 0 radical (unpaired) electrons. The van der Waals surface area contributed by atoms with Gasteiger partial charge in [-0.15, -0.1) is 0 Å². The third-order valence-corrected chi connectivity index (χ3v) is 11.4. The van der Waals surface area contributed by atoms with Gasteiger partial charge in [0.2, 0.25) is 5.91 Å². The van der Waals surface area contributed by atoms with Crippen molar-refractivity contribution in [3.05, 3.63) is 12.2 Å². The number of allylic oxidation sites excluding steroid dienone is 2. The molecule has 0 spiro atoms. The molecule has 0 heterocycles. The Kier molecular flexibility index (Phi) is 43.1. The predicted octanol–water partition coefficient (Wildman–Crippen LogP) is 14.0. The maximum absolute atomic E-state index is 12.4. The topological polar surface area (TPSA) is 89.8 Å². The normalized spacial score (nSPS) is 13.5. The predicted molar refractivity (Wildman–Crippen MR) is 232 cm³/mol. The molecule has 0 aromatic heterocycles. The van der Waals surface area contributed by atoms with E-state index in [0.29, 0.717) is 12.8 Å². The van der Waals surface area contributed by atoms with Crippen molar-refractivity contribution in [3.63, 3.8) is 0 Å². The summed E-state index contributed by atoms with van der Waals surface area (Å²) in [4.78, 5) is 12.4. The molecule has 316 valence electrons. The third-order valence-electron chi connectivity index (χ3n) is 11.4. The van der Waals surface area contributed by atoms with Crippen molar-refractivity contribution in [1.82, 2.24) is 5.32 Å². The van der Waals surface area contributed by atoms with Gasteiger partial charge >= 0.3 is 0 Å². The van der Waals surface area contributed by atoms with Crippen molar-refractivity contribution in [2.45, 2.75) is 283 Å². The van der Waals surface area contributed by atoms with Gasteiger partial charge in [-0.05, 0) is 38.5 Å². The van der Waals surface area contributed by atoms with Gasteiger partial charge < -0.3 is 20.6 Å². The van der Waals surface area contributed by atoms with Crippen molar-refractivity contribution in [3.8, 4) is 0 Å². The minimum Gasteiger partial charge on any atom is -0.394 e. The molecule has 5 nitrogen and oxygen atoms in total. The third kappa shape index (κ3) is 39.1. The van der Waals surface area contributed by atoms with Gasteiger partial charge in [0.25, 0.3) is 0 Å². The van der Waals surface area contributed by atoms with Crippen LogP contribution in [0, 0.1) is 0 Å². The standard InChI is InChI=1S/C48H95NO4/c1-3-5-7-9-11-13-15-16-17-18-19-20-21-22-23-24-25-26-27-28-29-30-31-32-33-35-37-39-41-43-47(52)49-45(44-50)48(53)46(51)42-40-38-36-34-14-12-10-8-6-4-2/h22-23,45-46,48,50-51,53H,3-21,24-44H2,1-2H3,(H,49,52)/b23-22-. The fraction of sp³-hybridized carbons (Fsp3) is 0.938. The first-order chi connectivity index (χ1) is 26.1. The van der Waals surface area contributed by atoms with Gasteiger partial charge in [-0.2, -0.15) is 0 Å². The Balaban J connectivity index is 3.48. The largest absolute Gasteiger partial charge is 0.394 e. The Bertz CT molecular complexity index is 743. The van der Waals surface area contributed by atoms with Crippen LogP contribution in [0.5, 0.6) is 0 Å². The first kappa shape index (κ1) is 52.1. The second-order valence-electron chi connectivity index (χ2n) is 16.7. The molecule has 4 N–H and O–H groups in total. The average Bonchev–Trinajstić information content (AvgIpc) is 3.16. The lowest BCUT2D eigenvalue weighted by atomic mass is 9.99. The van der Waals surface area contributed by atoms with E-state index in [4.69, 9.17) is 0 Å². The molecule has 53 heavy (non-hydrogen) atoms. The fourth-order valence-corrected chi connectivity index (χ4v) is 7.63. The zero-order valence-corrected chi connectivity index (χ0v) is 35.9. The highest BCUT2D eigenvalue weighted by atomic mass is 16.3. The second-order valence-corrected chi connectivity index (χ2v) is 16.7. The average molecular weight is 750 g/mol. The van der Waals surface area contributed by atoms with Crippen LogP contribution in [0.15, 0.2) is 12.2 Å². The Labute approximate surface area is 331 Å². The van der Waals surface area contributed by atoms with Gasteiger partial charge in [0.1, 0.15) is 6.10 Å². The smallest absolute Gasteiger partial charge is 0.220 e. The molecule has 0 saturated heterocycles. The number of unbranched alkanes of at least 4 members (excludes halogenated alkanes) is 34. The van der Waals surface area contributed by atoms with Crippen LogP contribution in [0.4, 0.5) is 0 Å². The number of nitrogens with one attached hydrogen (secondary N) is 1. The van der Waals surface area contributed by atoms with Crippen molar-refractivity contribution in [1.29, 1.82) is 0 Å². The van der Waals surface area contributed by atoms with Crippen molar-refractivity contribution in [2.24, 2.45) is 0 Å². The lowest BCUT2D eigenvalue weighted by molar-refractivity contribution is -0.124. The number of carbonyl (C=O) groups is 1. The Morgan fingerprint density at radius 3 is 1.09 bits per heavy atom. The van der Waals surface area contributed by atoms with Gasteiger partial charge in [-0.3, -0.25) is 4.79 Å². The van der Waals surface area contributed by atoms with E-state index in [2.05, 4.69) is 31.3 Å². The van der Waals surface area contributed by atoms with Crippen LogP contribution in [0.3, 0.4) is 0 Å². The lowest BCUT2D eigenvalue weighted by Gasteiger charge is -2.26. The lowest BCUT2D eigenvalue weighted by Crippen LogP contribution is -2.50. The molecular weight excluding hydrogens is 655 g/mol. The molecule has 3 unspecified atom stereocenters. The molecule has 0 aliphatic rings. The van der Waals surface area contributed by atoms with Crippen LogP contribution in [-0.2, 0) is 4.79 Å². The molecule has 0 aromatic carbocycles. The molecule has 0 fully saturated rings. The minimum absolute atomic E-state index is 0.143. The van der Waals surface area contributed by atoms with Crippen LogP contribution >= 0.6 is 0 Å². The summed E-state index contributed by atoms with van der Waals surface area (Å²) in [6, 6.07) is -0.804. The number of amides is 1. The molecule has 0 saturated carbocycles. The summed E-state index contributed by atoms with van der Waals surface area (Å²) < 4.78 is 0. The first-order valence-electron chi connectivity index (χ1n) is 24.0. The van der Waals surface area contributed by atoms with Crippen molar-refractivity contribution >= 4 is 5.91 Å². The number of carbonyl (C=O) groups excluding carboxylic acids is 1. The highest BCUT2D eigenvalue weighted by Crippen LogP contribution is 2.17. The summed E-state index contributed by atoms with van der Waals surface area (Å²) in [7, 11) is 0. The molecule has 0 aliphatic heterocycles. The Morgan fingerprint density at radius 1 is 0.453 bits per heavy atom. The molecule has 0 bridgehead atoms. The van der Waals surface area contributed by atoms with E-state index < -0.39 is 18.2 Å². The Morgan fingerprint density at radius 2 is 0.755 bits per heavy atom. The highest BCUT2D eigenvalue weighted by Gasteiger charge is 2.26. The zero-order chi connectivity index (χ0) is 38.7. The zero-order valence-electron chi connectivity index (χ0n) is 35.9. The first-order valence-corrected chi connectivity index (χ1v) is 24.0. The van der Waals surface area contributed by atoms with Gasteiger partial charge in [-0.25, -0.2) is 0 Å². The molecule has 3 atom stereocenters. The van der Waals surface area contributed by atoms with E-state index in [9.17, 15) is 20.1 Å². The van der Waals surface area contributed by atoms with E-state index in [-0.39, 0.29) is 12.5 Å². The van der Waals surface area contributed by atoms with Gasteiger partial charge in [-0.1, -0.05) is 231 Å². The van der Waals surface area contributed by atoms with Crippen molar-refractivity contribution in [2.75, 3.05) is 6.61 Å². The summed E-state index contributed by atoms with van der Waals surface area (Å²) in [6.07, 6.45) is 52.1.